The number of carbonyl (C=O) groups is 1. The number of carboxylic acid groups (broad SMARTS) is 1. The number of sulfonamides is 1. The summed E-state index contributed by atoms with van der Waals surface area (Å²) in [6.07, 6.45) is -0.0385. The number of nitrogens with zero attached hydrogens (tertiary/aromatic N) is 1. The summed E-state index contributed by atoms with van der Waals surface area (Å²) in [6, 6.07) is 0.578. The fourth-order valence-electron chi connectivity index (χ4n) is 1.38. The molecular formula is C10H11FN2O6S. The highest BCUT2D eigenvalue weighted by molar-refractivity contribution is 7.89. The quantitative estimate of drug-likeness (QED) is 0.593. The third kappa shape index (κ3) is 3.48. The lowest BCUT2D eigenvalue weighted by molar-refractivity contribution is -0.385. The Balaban J connectivity index is 3.16. The van der Waals surface area contributed by atoms with E-state index in [1.165, 1.54) is 6.92 Å². The van der Waals surface area contributed by atoms with Crippen LogP contribution in [0.4, 0.5) is 10.1 Å². The van der Waals surface area contributed by atoms with Gasteiger partial charge in [0.15, 0.2) is 0 Å². The average Bonchev–Trinajstić information content (AvgIpc) is 2.35. The zero-order valence-corrected chi connectivity index (χ0v) is 11.1. The molecule has 0 aromatic heterocycles. The predicted octanol–water partition coefficient (Wildman–Crippen LogP) is 0.875. The Bertz CT molecular complexity index is 645. The SMILES string of the molecule is CC[C@@H](NS(=O)(=O)c1ccc([N+](=O)[O-])cc1F)C(=O)O. The van der Waals surface area contributed by atoms with Crippen LogP contribution in [0.25, 0.3) is 0 Å². The third-order valence-electron chi connectivity index (χ3n) is 2.42. The molecule has 1 aromatic rings. The van der Waals surface area contributed by atoms with E-state index in [-0.39, 0.29) is 6.42 Å². The van der Waals surface area contributed by atoms with Crippen molar-refractivity contribution in [2.45, 2.75) is 24.3 Å². The molecule has 110 valence electrons. The number of nitrogens with one attached hydrogen (secondary N) is 1. The zero-order chi connectivity index (χ0) is 15.5. The van der Waals surface area contributed by atoms with Gasteiger partial charge in [-0.25, -0.2) is 12.8 Å². The molecule has 10 heteroatoms. The Morgan fingerprint density at radius 2 is 2.15 bits per heavy atom. The number of carboxylic acids is 1. The van der Waals surface area contributed by atoms with Crippen LogP contribution in [0, 0.1) is 15.9 Å². The number of hydrogen-bond acceptors (Lipinski definition) is 5. The van der Waals surface area contributed by atoms with Gasteiger partial charge >= 0.3 is 5.97 Å². The van der Waals surface area contributed by atoms with Crippen molar-refractivity contribution in [2.24, 2.45) is 0 Å². The minimum atomic E-state index is -4.42. The lowest BCUT2D eigenvalue weighted by atomic mass is 10.2. The summed E-state index contributed by atoms with van der Waals surface area (Å²) in [4.78, 5) is 19.5. The smallest absolute Gasteiger partial charge is 0.321 e. The number of benzene rings is 1. The first-order chi connectivity index (χ1) is 9.19. The van der Waals surface area contributed by atoms with Gasteiger partial charge in [0, 0.05) is 6.07 Å². The van der Waals surface area contributed by atoms with Gasteiger partial charge in [-0.3, -0.25) is 14.9 Å². The van der Waals surface area contributed by atoms with Gasteiger partial charge in [0.05, 0.1) is 11.0 Å². The number of rotatable bonds is 6. The number of nitro benzene ring substituents is 1. The van der Waals surface area contributed by atoms with E-state index < -0.39 is 43.4 Å². The van der Waals surface area contributed by atoms with Crippen molar-refractivity contribution in [3.8, 4) is 0 Å². The second-order valence-corrected chi connectivity index (χ2v) is 5.47. The van der Waals surface area contributed by atoms with Crippen LogP contribution in [0.5, 0.6) is 0 Å². The van der Waals surface area contributed by atoms with Crippen LogP contribution in [0.15, 0.2) is 23.1 Å². The number of nitro groups is 1. The van der Waals surface area contributed by atoms with Crippen molar-refractivity contribution >= 4 is 21.7 Å². The van der Waals surface area contributed by atoms with Crippen LogP contribution in [-0.4, -0.2) is 30.5 Å². The molecule has 0 heterocycles. The van der Waals surface area contributed by atoms with Gasteiger partial charge in [-0.15, -0.1) is 0 Å². The monoisotopic (exact) mass is 306 g/mol. The molecule has 20 heavy (non-hydrogen) atoms. The molecule has 1 aromatic carbocycles. The molecule has 0 saturated carbocycles. The summed E-state index contributed by atoms with van der Waals surface area (Å²) < 4.78 is 39.0. The van der Waals surface area contributed by atoms with E-state index in [2.05, 4.69) is 0 Å². The molecular weight excluding hydrogens is 295 g/mol. The van der Waals surface area contributed by atoms with E-state index in [4.69, 9.17) is 5.11 Å². The minimum absolute atomic E-state index is 0.0385. The largest absolute Gasteiger partial charge is 0.480 e. The van der Waals surface area contributed by atoms with Crippen molar-refractivity contribution in [2.75, 3.05) is 0 Å². The van der Waals surface area contributed by atoms with Crippen molar-refractivity contribution < 1.29 is 27.6 Å². The zero-order valence-electron chi connectivity index (χ0n) is 10.2. The number of hydrogen-bond donors (Lipinski definition) is 2. The minimum Gasteiger partial charge on any atom is -0.480 e. The van der Waals surface area contributed by atoms with Gasteiger partial charge in [-0.05, 0) is 12.5 Å². The van der Waals surface area contributed by atoms with Crippen LogP contribution in [0.3, 0.4) is 0 Å². The molecule has 0 fully saturated rings. The first-order valence-corrected chi connectivity index (χ1v) is 6.86. The maximum absolute atomic E-state index is 13.6. The van der Waals surface area contributed by atoms with Crippen LogP contribution in [0.2, 0.25) is 0 Å². The molecule has 2 N–H and O–H groups in total. The van der Waals surface area contributed by atoms with Gasteiger partial charge in [-0.1, -0.05) is 6.92 Å². The summed E-state index contributed by atoms with van der Waals surface area (Å²) in [5.74, 6) is -2.73. The molecule has 1 rings (SSSR count). The van der Waals surface area contributed by atoms with E-state index in [1.54, 1.807) is 0 Å². The second-order valence-electron chi connectivity index (χ2n) is 3.79. The molecule has 0 radical (unpaired) electrons. The fraction of sp³-hybridized carbons (Fsp3) is 0.300. The normalized spacial score (nSPS) is 12.9. The number of halogens is 1. The summed E-state index contributed by atoms with van der Waals surface area (Å²) in [5.41, 5.74) is -0.605. The van der Waals surface area contributed by atoms with Gasteiger partial charge in [0.2, 0.25) is 10.0 Å². The van der Waals surface area contributed by atoms with E-state index in [0.29, 0.717) is 12.1 Å². The van der Waals surface area contributed by atoms with Crippen molar-refractivity contribution in [3.05, 3.63) is 34.1 Å². The Hall–Kier alpha value is -2.07. The Morgan fingerprint density at radius 3 is 2.55 bits per heavy atom. The van der Waals surface area contributed by atoms with E-state index in [0.717, 1.165) is 6.07 Å². The maximum atomic E-state index is 13.6. The molecule has 0 saturated heterocycles. The van der Waals surface area contributed by atoms with Gasteiger partial charge < -0.3 is 5.11 Å². The van der Waals surface area contributed by atoms with Crippen molar-refractivity contribution in [1.29, 1.82) is 0 Å². The lowest BCUT2D eigenvalue weighted by Gasteiger charge is -2.13. The van der Waals surface area contributed by atoms with Gasteiger partial charge in [0.1, 0.15) is 16.8 Å². The summed E-state index contributed by atoms with van der Waals surface area (Å²) >= 11 is 0. The molecule has 0 aliphatic carbocycles. The van der Waals surface area contributed by atoms with E-state index >= 15 is 0 Å². The summed E-state index contributed by atoms with van der Waals surface area (Å²) in [5, 5.41) is 19.2. The lowest BCUT2D eigenvalue weighted by Crippen LogP contribution is -2.40. The average molecular weight is 306 g/mol. The molecule has 0 spiro atoms. The highest BCUT2D eigenvalue weighted by Gasteiger charge is 2.27. The van der Waals surface area contributed by atoms with E-state index in [9.17, 15) is 27.7 Å². The molecule has 0 aliphatic heterocycles. The Morgan fingerprint density at radius 1 is 1.55 bits per heavy atom. The molecule has 8 nitrogen and oxygen atoms in total. The molecule has 0 aliphatic rings. The third-order valence-corrected chi connectivity index (χ3v) is 3.92. The number of aliphatic carboxylic acids is 1. The first kappa shape index (κ1) is 16.0. The number of non-ortho nitro benzene ring substituents is 1. The molecule has 0 bridgehead atoms. The van der Waals surface area contributed by atoms with E-state index in [1.807, 2.05) is 4.72 Å². The fourth-order valence-corrected chi connectivity index (χ4v) is 2.71. The topological polar surface area (TPSA) is 127 Å². The van der Waals surface area contributed by atoms with Gasteiger partial charge in [-0.2, -0.15) is 4.72 Å². The first-order valence-electron chi connectivity index (χ1n) is 5.38. The Kier molecular flexibility index (Phi) is 4.73. The predicted molar refractivity (Wildman–Crippen MR) is 65.1 cm³/mol. The molecule has 1 atom stereocenters. The van der Waals surface area contributed by atoms with Gasteiger partial charge in [0.25, 0.3) is 5.69 Å². The summed E-state index contributed by atoms with van der Waals surface area (Å²) in [6.45, 7) is 1.44. The second kappa shape index (κ2) is 5.92. The molecule has 0 amide bonds. The van der Waals surface area contributed by atoms with Crippen molar-refractivity contribution in [3.63, 3.8) is 0 Å². The van der Waals surface area contributed by atoms with Crippen LogP contribution >= 0.6 is 0 Å². The Labute approximate surface area is 113 Å². The van der Waals surface area contributed by atoms with Crippen LogP contribution < -0.4 is 4.72 Å². The van der Waals surface area contributed by atoms with Crippen LogP contribution in [0.1, 0.15) is 13.3 Å². The highest BCUT2D eigenvalue weighted by atomic mass is 32.2. The summed E-state index contributed by atoms with van der Waals surface area (Å²) in [7, 11) is -4.42. The highest BCUT2D eigenvalue weighted by Crippen LogP contribution is 2.20. The standard InChI is InChI=1S/C10H11FN2O6S/c1-2-8(10(14)15)12-20(18,19)9-4-3-6(13(16)17)5-7(9)11/h3-5,8,12H,2H2,1H3,(H,14,15)/t8-/m1/s1. The maximum Gasteiger partial charge on any atom is 0.321 e. The van der Waals surface area contributed by atoms with Crippen LogP contribution in [-0.2, 0) is 14.8 Å². The molecule has 0 unspecified atom stereocenters. The van der Waals surface area contributed by atoms with Crippen molar-refractivity contribution in [1.82, 2.24) is 4.72 Å².